The summed E-state index contributed by atoms with van der Waals surface area (Å²) in [6.07, 6.45) is 6.05. The average molecular weight is 402 g/mol. The van der Waals surface area contributed by atoms with Gasteiger partial charge in [0.1, 0.15) is 0 Å². The van der Waals surface area contributed by atoms with Crippen molar-refractivity contribution in [3.63, 3.8) is 0 Å². The van der Waals surface area contributed by atoms with Gasteiger partial charge < -0.3 is 15.5 Å². The molecule has 1 saturated heterocycles. The Balaban J connectivity index is 1.60. The topological polar surface area (TPSA) is 86.4 Å². The zero-order chi connectivity index (χ0) is 19.9. The molecule has 1 aliphatic rings. The van der Waals surface area contributed by atoms with Crippen LogP contribution >= 0.6 is 11.3 Å². The highest BCUT2D eigenvalue weighted by Gasteiger charge is 2.16. The van der Waals surface area contributed by atoms with Crippen LogP contribution in [0.3, 0.4) is 0 Å². The molecule has 0 bridgehead atoms. The number of urea groups is 1. The highest BCUT2D eigenvalue weighted by Crippen LogP contribution is 2.30. The number of aromatic nitrogens is 1. The van der Waals surface area contributed by atoms with Crippen LogP contribution in [0.2, 0.25) is 0 Å². The van der Waals surface area contributed by atoms with E-state index in [0.717, 1.165) is 29.3 Å². The Labute approximate surface area is 169 Å². The van der Waals surface area contributed by atoms with E-state index in [1.807, 2.05) is 12.1 Å². The van der Waals surface area contributed by atoms with Crippen LogP contribution in [0.5, 0.6) is 0 Å². The monoisotopic (exact) mass is 401 g/mol. The highest BCUT2D eigenvalue weighted by atomic mass is 32.1. The Hall–Kier alpha value is -2.61. The van der Waals surface area contributed by atoms with Gasteiger partial charge in [0.25, 0.3) is 0 Å². The largest absolute Gasteiger partial charge is 0.370 e. The fourth-order valence-electron chi connectivity index (χ4n) is 3.24. The van der Waals surface area contributed by atoms with Crippen LogP contribution in [0.1, 0.15) is 36.6 Å². The number of carbonyl (C=O) groups excluding carboxylic acids is 2. The van der Waals surface area contributed by atoms with Gasteiger partial charge in [-0.2, -0.15) is 0 Å². The molecule has 0 spiro atoms. The van der Waals surface area contributed by atoms with Gasteiger partial charge in [-0.15, -0.1) is 11.3 Å². The summed E-state index contributed by atoms with van der Waals surface area (Å²) >= 11 is 1.41. The quantitative estimate of drug-likeness (QED) is 0.688. The van der Waals surface area contributed by atoms with E-state index in [2.05, 4.69) is 38.8 Å². The van der Waals surface area contributed by atoms with Gasteiger partial charge in [-0.05, 0) is 43.9 Å². The minimum atomic E-state index is -0.301. The number of aryl methyl sites for hydroxylation is 1. The first-order valence-corrected chi connectivity index (χ1v) is 10.5. The highest BCUT2D eigenvalue weighted by molar-refractivity contribution is 7.15. The van der Waals surface area contributed by atoms with Gasteiger partial charge in [-0.25, -0.2) is 9.78 Å². The molecule has 0 saturated carbocycles. The lowest BCUT2D eigenvalue weighted by Gasteiger charge is -2.30. The summed E-state index contributed by atoms with van der Waals surface area (Å²) in [5.41, 5.74) is 3.06. The van der Waals surface area contributed by atoms with Crippen molar-refractivity contribution in [1.29, 1.82) is 0 Å². The van der Waals surface area contributed by atoms with Crippen LogP contribution < -0.4 is 20.9 Å². The fourth-order valence-corrected chi connectivity index (χ4v) is 4.04. The Bertz CT molecular complexity index is 830. The maximum atomic E-state index is 12.5. The summed E-state index contributed by atoms with van der Waals surface area (Å²) in [6, 6.07) is 5.79. The van der Waals surface area contributed by atoms with Crippen molar-refractivity contribution >= 4 is 39.8 Å². The van der Waals surface area contributed by atoms with E-state index in [1.54, 1.807) is 6.20 Å². The summed E-state index contributed by atoms with van der Waals surface area (Å²) in [7, 11) is 0. The number of rotatable bonds is 6. The second-order valence-corrected chi connectivity index (χ2v) is 8.13. The number of anilines is 3. The SMILES string of the molecule is CC(=O)NCCc1cnc(NC(=O)Nc2ccc(C)cc2N2CCCCC2)s1. The maximum absolute atomic E-state index is 12.5. The van der Waals surface area contributed by atoms with Gasteiger partial charge in [0.15, 0.2) is 5.13 Å². The number of nitrogens with one attached hydrogen (secondary N) is 3. The van der Waals surface area contributed by atoms with Crippen molar-refractivity contribution in [1.82, 2.24) is 10.3 Å². The van der Waals surface area contributed by atoms with Crippen molar-refractivity contribution in [3.05, 3.63) is 34.8 Å². The molecule has 3 N–H and O–H groups in total. The van der Waals surface area contributed by atoms with Gasteiger partial charge in [-0.3, -0.25) is 10.1 Å². The summed E-state index contributed by atoms with van der Waals surface area (Å²) < 4.78 is 0. The molecular formula is C20H27N5O2S. The molecule has 7 nitrogen and oxygen atoms in total. The molecule has 1 fully saturated rings. The lowest BCUT2D eigenvalue weighted by molar-refractivity contribution is -0.118. The third-order valence-electron chi connectivity index (χ3n) is 4.62. The summed E-state index contributed by atoms with van der Waals surface area (Å²) in [6.45, 7) is 6.15. The molecular weight excluding hydrogens is 374 g/mol. The van der Waals surface area contributed by atoms with Crippen molar-refractivity contribution in [2.24, 2.45) is 0 Å². The van der Waals surface area contributed by atoms with Gasteiger partial charge in [0, 0.05) is 44.1 Å². The van der Waals surface area contributed by atoms with Gasteiger partial charge in [-0.1, -0.05) is 6.07 Å². The number of nitrogens with zero attached hydrogens (tertiary/aromatic N) is 2. The van der Waals surface area contributed by atoms with E-state index >= 15 is 0 Å². The molecule has 1 aliphatic heterocycles. The van der Waals surface area contributed by atoms with E-state index in [9.17, 15) is 9.59 Å². The Morgan fingerprint density at radius 1 is 1.18 bits per heavy atom. The summed E-state index contributed by atoms with van der Waals surface area (Å²) in [5, 5.41) is 9.07. The zero-order valence-corrected chi connectivity index (χ0v) is 17.2. The molecule has 28 heavy (non-hydrogen) atoms. The van der Waals surface area contributed by atoms with Gasteiger partial charge >= 0.3 is 6.03 Å². The smallest absolute Gasteiger partial charge is 0.325 e. The van der Waals surface area contributed by atoms with Crippen LogP contribution in [-0.2, 0) is 11.2 Å². The molecule has 8 heteroatoms. The predicted octanol–water partition coefficient (Wildman–Crippen LogP) is 3.76. The molecule has 2 heterocycles. The Morgan fingerprint density at radius 3 is 2.71 bits per heavy atom. The number of benzene rings is 1. The predicted molar refractivity (Wildman–Crippen MR) is 114 cm³/mol. The van der Waals surface area contributed by atoms with Crippen molar-refractivity contribution < 1.29 is 9.59 Å². The number of thiazole rings is 1. The number of hydrogen-bond acceptors (Lipinski definition) is 5. The van der Waals surface area contributed by atoms with Crippen LogP contribution in [-0.4, -0.2) is 36.6 Å². The normalized spacial score (nSPS) is 13.9. The standard InChI is InChI=1S/C20H27N5O2S/c1-14-6-7-17(18(12-14)25-10-4-3-5-11-25)23-19(27)24-20-22-13-16(28-20)8-9-21-15(2)26/h6-7,12-13H,3-5,8-11H2,1-2H3,(H,21,26)(H2,22,23,24,27). The minimum absolute atomic E-state index is 0.0511. The minimum Gasteiger partial charge on any atom is -0.370 e. The second-order valence-electron chi connectivity index (χ2n) is 7.01. The van der Waals surface area contributed by atoms with E-state index in [4.69, 9.17) is 0 Å². The van der Waals surface area contributed by atoms with E-state index in [-0.39, 0.29) is 11.9 Å². The first-order valence-electron chi connectivity index (χ1n) is 9.64. The molecule has 0 unspecified atom stereocenters. The number of amides is 3. The molecule has 2 aromatic rings. The molecule has 3 rings (SSSR count). The van der Waals surface area contributed by atoms with Gasteiger partial charge in [0.05, 0.1) is 11.4 Å². The first kappa shape index (κ1) is 20.1. The Kier molecular flexibility index (Phi) is 6.86. The van der Waals surface area contributed by atoms with Crippen molar-refractivity contribution in [2.75, 3.05) is 35.2 Å². The van der Waals surface area contributed by atoms with Crippen LogP contribution in [0.4, 0.5) is 21.3 Å². The fraction of sp³-hybridized carbons (Fsp3) is 0.450. The summed E-state index contributed by atoms with van der Waals surface area (Å²) in [4.78, 5) is 31.0. The molecule has 0 atom stereocenters. The van der Waals surface area contributed by atoms with Crippen LogP contribution in [0.25, 0.3) is 0 Å². The molecule has 1 aromatic heterocycles. The van der Waals surface area contributed by atoms with E-state index < -0.39 is 0 Å². The average Bonchev–Trinajstić information content (AvgIpc) is 3.10. The van der Waals surface area contributed by atoms with E-state index in [1.165, 1.54) is 43.1 Å². The third-order valence-corrected chi connectivity index (χ3v) is 5.59. The number of carbonyl (C=O) groups is 2. The van der Waals surface area contributed by atoms with E-state index in [0.29, 0.717) is 18.1 Å². The van der Waals surface area contributed by atoms with Crippen LogP contribution in [0, 0.1) is 6.92 Å². The molecule has 3 amide bonds. The summed E-state index contributed by atoms with van der Waals surface area (Å²) in [5.74, 6) is -0.0511. The molecule has 1 aromatic carbocycles. The molecule has 150 valence electrons. The lowest BCUT2D eigenvalue weighted by Crippen LogP contribution is -2.31. The number of piperidine rings is 1. The van der Waals surface area contributed by atoms with Gasteiger partial charge in [0.2, 0.25) is 5.91 Å². The van der Waals surface area contributed by atoms with Crippen molar-refractivity contribution in [2.45, 2.75) is 39.5 Å². The third kappa shape index (κ3) is 5.69. The maximum Gasteiger partial charge on any atom is 0.325 e. The first-order chi connectivity index (χ1) is 13.5. The van der Waals surface area contributed by atoms with Crippen LogP contribution in [0.15, 0.2) is 24.4 Å². The van der Waals surface area contributed by atoms with Crippen molar-refractivity contribution in [3.8, 4) is 0 Å². The lowest BCUT2D eigenvalue weighted by atomic mass is 10.1. The molecule has 0 radical (unpaired) electrons. The zero-order valence-electron chi connectivity index (χ0n) is 16.4. The molecule has 0 aliphatic carbocycles. The Morgan fingerprint density at radius 2 is 1.96 bits per heavy atom. The second kappa shape index (κ2) is 9.54. The number of hydrogen-bond donors (Lipinski definition) is 3.